The Balaban J connectivity index is 2.42. The van der Waals surface area contributed by atoms with Crippen LogP contribution in [0.15, 0.2) is 30.3 Å². The van der Waals surface area contributed by atoms with Crippen molar-refractivity contribution in [2.24, 2.45) is 0 Å². The highest BCUT2D eigenvalue weighted by Crippen LogP contribution is 2.29. The van der Waals surface area contributed by atoms with E-state index in [1.54, 1.807) is 18.2 Å². The molecule has 1 aliphatic rings. The second-order valence-electron chi connectivity index (χ2n) is 3.99. The Kier molecular flexibility index (Phi) is 3.38. The molecule has 1 aromatic carbocycles. The van der Waals surface area contributed by atoms with Gasteiger partial charge < -0.3 is 10.4 Å². The number of nitrogens with one attached hydrogen (secondary N) is 1. The van der Waals surface area contributed by atoms with Gasteiger partial charge in [0, 0.05) is 12.6 Å². The summed E-state index contributed by atoms with van der Waals surface area (Å²) in [4.78, 5) is 21.4. The summed E-state index contributed by atoms with van der Waals surface area (Å²) in [6.45, 7) is 0.495. The van der Waals surface area contributed by atoms with Crippen LogP contribution >= 0.6 is 0 Å². The van der Waals surface area contributed by atoms with Gasteiger partial charge in [0.1, 0.15) is 6.04 Å². The molecule has 18 heavy (non-hydrogen) atoms. The van der Waals surface area contributed by atoms with Gasteiger partial charge in [0.05, 0.1) is 10.5 Å². The van der Waals surface area contributed by atoms with Gasteiger partial charge in [0.25, 0.3) is 5.69 Å². The summed E-state index contributed by atoms with van der Waals surface area (Å²) in [6, 6.07) is 5.59. The molecular formula is C12H12N2O4. The van der Waals surface area contributed by atoms with E-state index in [2.05, 4.69) is 5.32 Å². The fourth-order valence-electron chi connectivity index (χ4n) is 1.99. The standard InChI is InChI=1S/C12H12N2O4/c15-12(16)10-7-8(5-6-13-10)9-3-1-2-4-11(9)14(17)18/h1-4,7,10,13H,5-6H2,(H,15,16). The zero-order valence-electron chi connectivity index (χ0n) is 9.50. The number of aliphatic carboxylic acids is 1. The number of hydrogen-bond acceptors (Lipinski definition) is 4. The van der Waals surface area contributed by atoms with E-state index in [-0.39, 0.29) is 5.69 Å². The first kappa shape index (κ1) is 12.3. The monoisotopic (exact) mass is 248 g/mol. The maximum atomic E-state index is 10.9. The number of nitrogens with zero attached hydrogens (tertiary/aromatic N) is 1. The summed E-state index contributed by atoms with van der Waals surface area (Å²) in [5.74, 6) is -0.981. The SMILES string of the molecule is O=C(O)C1C=C(c2ccccc2[N+](=O)[O-])CCN1. The van der Waals surface area contributed by atoms with E-state index >= 15 is 0 Å². The number of carbonyl (C=O) groups is 1. The predicted molar refractivity (Wildman–Crippen MR) is 65.1 cm³/mol. The van der Waals surface area contributed by atoms with Gasteiger partial charge in [0.15, 0.2) is 0 Å². The Bertz CT molecular complexity index is 525. The van der Waals surface area contributed by atoms with Crippen LogP contribution in [-0.2, 0) is 4.79 Å². The Morgan fingerprint density at radius 1 is 1.44 bits per heavy atom. The molecule has 1 aromatic rings. The largest absolute Gasteiger partial charge is 0.480 e. The van der Waals surface area contributed by atoms with Gasteiger partial charge >= 0.3 is 5.97 Å². The van der Waals surface area contributed by atoms with Crippen molar-refractivity contribution in [1.29, 1.82) is 0 Å². The zero-order valence-corrected chi connectivity index (χ0v) is 9.50. The van der Waals surface area contributed by atoms with Crippen LogP contribution in [0.4, 0.5) is 5.69 Å². The van der Waals surface area contributed by atoms with Gasteiger partial charge in [-0.15, -0.1) is 0 Å². The first-order chi connectivity index (χ1) is 8.59. The van der Waals surface area contributed by atoms with Crippen molar-refractivity contribution in [2.75, 3.05) is 6.54 Å². The molecule has 0 saturated heterocycles. The minimum Gasteiger partial charge on any atom is -0.480 e. The van der Waals surface area contributed by atoms with Crippen molar-refractivity contribution in [3.05, 3.63) is 46.0 Å². The highest BCUT2D eigenvalue weighted by molar-refractivity contribution is 5.82. The molecule has 1 heterocycles. The number of carboxylic acids is 1. The van der Waals surface area contributed by atoms with Crippen molar-refractivity contribution in [2.45, 2.75) is 12.5 Å². The minimum absolute atomic E-state index is 0.00906. The molecule has 0 bridgehead atoms. The fourth-order valence-corrected chi connectivity index (χ4v) is 1.99. The molecule has 0 radical (unpaired) electrons. The maximum Gasteiger partial charge on any atom is 0.324 e. The molecule has 0 saturated carbocycles. The summed E-state index contributed by atoms with van der Waals surface area (Å²) in [6.07, 6.45) is 2.11. The van der Waals surface area contributed by atoms with Gasteiger partial charge in [-0.3, -0.25) is 14.9 Å². The predicted octanol–water partition coefficient (Wildman–Crippen LogP) is 1.42. The Labute approximate surface area is 103 Å². The first-order valence-corrected chi connectivity index (χ1v) is 5.50. The molecule has 0 aromatic heterocycles. The summed E-state index contributed by atoms with van der Waals surface area (Å²) >= 11 is 0. The molecule has 2 rings (SSSR count). The maximum absolute atomic E-state index is 10.9. The van der Waals surface area contributed by atoms with Crippen molar-refractivity contribution in [1.82, 2.24) is 5.32 Å². The van der Waals surface area contributed by atoms with Crippen LogP contribution in [0.3, 0.4) is 0 Å². The average Bonchev–Trinajstić information content (AvgIpc) is 2.39. The Hall–Kier alpha value is -2.21. The Morgan fingerprint density at radius 3 is 2.83 bits per heavy atom. The quantitative estimate of drug-likeness (QED) is 0.623. The molecule has 2 N–H and O–H groups in total. The third-order valence-electron chi connectivity index (χ3n) is 2.84. The fraction of sp³-hybridized carbons (Fsp3) is 0.250. The molecule has 1 aliphatic heterocycles. The van der Waals surface area contributed by atoms with Crippen LogP contribution in [0.2, 0.25) is 0 Å². The van der Waals surface area contributed by atoms with E-state index in [1.807, 2.05) is 0 Å². The van der Waals surface area contributed by atoms with Gasteiger partial charge in [-0.1, -0.05) is 18.2 Å². The molecule has 0 fully saturated rings. The van der Waals surface area contributed by atoms with E-state index < -0.39 is 16.9 Å². The summed E-state index contributed by atoms with van der Waals surface area (Å²) in [5.41, 5.74) is 1.21. The number of hydrogen-bond donors (Lipinski definition) is 2. The number of nitro groups is 1. The first-order valence-electron chi connectivity index (χ1n) is 5.50. The van der Waals surface area contributed by atoms with Crippen LogP contribution in [0, 0.1) is 10.1 Å². The van der Waals surface area contributed by atoms with E-state index in [0.717, 1.165) is 0 Å². The molecule has 6 nitrogen and oxygen atoms in total. The lowest BCUT2D eigenvalue weighted by Gasteiger charge is -2.19. The summed E-state index contributed by atoms with van der Waals surface area (Å²) in [7, 11) is 0. The number of para-hydroxylation sites is 1. The number of rotatable bonds is 3. The van der Waals surface area contributed by atoms with Crippen LogP contribution in [-0.4, -0.2) is 28.6 Å². The van der Waals surface area contributed by atoms with Crippen molar-refractivity contribution >= 4 is 17.2 Å². The lowest BCUT2D eigenvalue weighted by atomic mass is 9.96. The van der Waals surface area contributed by atoms with Crippen LogP contribution in [0.1, 0.15) is 12.0 Å². The minimum atomic E-state index is -0.981. The number of nitro benzene ring substituents is 1. The third kappa shape index (κ3) is 2.38. The topological polar surface area (TPSA) is 92.5 Å². The van der Waals surface area contributed by atoms with Gasteiger partial charge in [0.2, 0.25) is 0 Å². The van der Waals surface area contributed by atoms with Crippen molar-refractivity contribution < 1.29 is 14.8 Å². The molecular weight excluding hydrogens is 236 g/mol. The Morgan fingerprint density at radius 2 is 2.17 bits per heavy atom. The zero-order chi connectivity index (χ0) is 13.1. The third-order valence-corrected chi connectivity index (χ3v) is 2.84. The molecule has 94 valence electrons. The lowest BCUT2D eigenvalue weighted by molar-refractivity contribution is -0.385. The highest BCUT2D eigenvalue weighted by atomic mass is 16.6. The van der Waals surface area contributed by atoms with E-state index in [4.69, 9.17) is 5.11 Å². The van der Waals surface area contributed by atoms with Crippen LogP contribution in [0.5, 0.6) is 0 Å². The van der Waals surface area contributed by atoms with Gasteiger partial charge in [-0.25, -0.2) is 0 Å². The van der Waals surface area contributed by atoms with E-state index in [0.29, 0.717) is 24.1 Å². The lowest BCUT2D eigenvalue weighted by Crippen LogP contribution is -2.38. The van der Waals surface area contributed by atoms with Crippen LogP contribution < -0.4 is 5.32 Å². The molecule has 1 unspecified atom stereocenters. The number of carboxylic acid groups (broad SMARTS) is 1. The molecule has 6 heteroatoms. The second kappa shape index (κ2) is 4.97. The molecule has 0 amide bonds. The van der Waals surface area contributed by atoms with Gasteiger partial charge in [-0.2, -0.15) is 0 Å². The highest BCUT2D eigenvalue weighted by Gasteiger charge is 2.23. The normalized spacial score (nSPS) is 19.1. The smallest absolute Gasteiger partial charge is 0.324 e. The average molecular weight is 248 g/mol. The van der Waals surface area contributed by atoms with Crippen molar-refractivity contribution in [3.8, 4) is 0 Å². The van der Waals surface area contributed by atoms with Gasteiger partial charge in [-0.05, 0) is 18.1 Å². The molecule has 0 aliphatic carbocycles. The summed E-state index contributed by atoms with van der Waals surface area (Å²) in [5, 5.41) is 22.7. The number of benzene rings is 1. The molecule has 1 atom stereocenters. The second-order valence-corrected chi connectivity index (χ2v) is 3.99. The van der Waals surface area contributed by atoms with E-state index in [1.165, 1.54) is 12.1 Å². The summed E-state index contributed by atoms with van der Waals surface area (Å²) < 4.78 is 0. The van der Waals surface area contributed by atoms with Crippen molar-refractivity contribution in [3.63, 3.8) is 0 Å². The molecule has 0 spiro atoms. The van der Waals surface area contributed by atoms with E-state index in [9.17, 15) is 14.9 Å². The van der Waals surface area contributed by atoms with Crippen LogP contribution in [0.25, 0.3) is 5.57 Å².